The highest BCUT2D eigenvalue weighted by atomic mass is 32.1. The number of hydrogen-bond donors (Lipinski definition) is 2. The summed E-state index contributed by atoms with van der Waals surface area (Å²) in [5.41, 5.74) is 1.09. The molecule has 0 radical (unpaired) electrons. The summed E-state index contributed by atoms with van der Waals surface area (Å²) in [5.74, 6) is 0.625. The Labute approximate surface area is 106 Å². The van der Waals surface area contributed by atoms with E-state index in [1.807, 2.05) is 13.8 Å². The van der Waals surface area contributed by atoms with Crippen molar-refractivity contribution in [3.05, 3.63) is 10.6 Å². The molecule has 0 saturated carbocycles. The maximum Gasteiger partial charge on any atom is 0.229 e. The normalized spacial score (nSPS) is 17.6. The number of carbonyl (C=O) groups is 1. The summed E-state index contributed by atoms with van der Waals surface area (Å²) >= 11 is 1.56. The Morgan fingerprint density at radius 1 is 1.65 bits per heavy atom. The molecule has 4 nitrogen and oxygen atoms in total. The quantitative estimate of drug-likeness (QED) is 0.860. The zero-order valence-corrected chi connectivity index (χ0v) is 11.4. The Bertz CT molecular complexity index is 412. The van der Waals surface area contributed by atoms with E-state index in [1.165, 1.54) is 4.88 Å². The fourth-order valence-corrected chi connectivity index (χ4v) is 2.81. The average molecular weight is 253 g/mol. The molecule has 1 saturated heterocycles. The molecule has 1 aliphatic rings. The van der Waals surface area contributed by atoms with Gasteiger partial charge in [-0.15, -0.1) is 11.3 Å². The molecule has 2 heterocycles. The molecular weight excluding hydrogens is 234 g/mol. The molecule has 0 spiro atoms. The van der Waals surface area contributed by atoms with Crippen molar-refractivity contribution in [2.45, 2.75) is 27.2 Å². The van der Waals surface area contributed by atoms with Crippen LogP contribution in [-0.4, -0.2) is 24.0 Å². The summed E-state index contributed by atoms with van der Waals surface area (Å²) < 4.78 is 0. The van der Waals surface area contributed by atoms with E-state index in [4.69, 9.17) is 0 Å². The molecule has 1 aromatic heterocycles. The molecule has 0 aromatic carbocycles. The molecule has 94 valence electrons. The lowest BCUT2D eigenvalue weighted by Crippen LogP contribution is -2.48. The molecule has 17 heavy (non-hydrogen) atoms. The number of anilines is 1. The number of aryl methyl sites for hydroxylation is 2. The molecule has 0 aliphatic carbocycles. The van der Waals surface area contributed by atoms with Crippen LogP contribution in [0, 0.1) is 18.8 Å². The third-order valence-corrected chi connectivity index (χ3v) is 4.32. The predicted molar refractivity (Wildman–Crippen MR) is 70.4 cm³/mol. The second-order valence-corrected chi connectivity index (χ2v) is 5.77. The van der Waals surface area contributed by atoms with E-state index in [2.05, 4.69) is 22.5 Å². The lowest BCUT2D eigenvalue weighted by atomic mass is 9.88. The van der Waals surface area contributed by atoms with E-state index in [1.54, 1.807) is 11.3 Å². The second kappa shape index (κ2) is 5.14. The molecule has 1 amide bonds. The summed E-state index contributed by atoms with van der Waals surface area (Å²) in [6, 6.07) is 0. The van der Waals surface area contributed by atoms with Crippen LogP contribution in [0.2, 0.25) is 0 Å². The van der Waals surface area contributed by atoms with Crippen molar-refractivity contribution < 1.29 is 4.79 Å². The summed E-state index contributed by atoms with van der Waals surface area (Å²) in [5, 5.41) is 6.86. The SMILES string of the molecule is CCc1nc(NC(=O)C(C)C2CNC2)sc1C. The molecule has 1 atom stereocenters. The summed E-state index contributed by atoms with van der Waals surface area (Å²) in [6.07, 6.45) is 0.917. The van der Waals surface area contributed by atoms with Crippen LogP contribution in [0.15, 0.2) is 0 Å². The van der Waals surface area contributed by atoms with E-state index in [9.17, 15) is 4.79 Å². The highest BCUT2D eigenvalue weighted by Crippen LogP contribution is 2.24. The first-order valence-corrected chi connectivity index (χ1v) is 6.91. The van der Waals surface area contributed by atoms with Crippen LogP contribution in [0.1, 0.15) is 24.4 Å². The largest absolute Gasteiger partial charge is 0.316 e. The lowest BCUT2D eigenvalue weighted by Gasteiger charge is -2.31. The number of thiazole rings is 1. The summed E-state index contributed by atoms with van der Waals surface area (Å²) in [7, 11) is 0. The van der Waals surface area contributed by atoms with Crippen LogP contribution in [0.4, 0.5) is 5.13 Å². The molecule has 1 unspecified atom stereocenters. The number of aromatic nitrogens is 1. The van der Waals surface area contributed by atoms with Crippen molar-refractivity contribution in [2.75, 3.05) is 18.4 Å². The number of nitrogens with one attached hydrogen (secondary N) is 2. The van der Waals surface area contributed by atoms with Gasteiger partial charge >= 0.3 is 0 Å². The van der Waals surface area contributed by atoms with Gasteiger partial charge in [-0.2, -0.15) is 0 Å². The Morgan fingerprint density at radius 3 is 2.82 bits per heavy atom. The van der Waals surface area contributed by atoms with Gasteiger partial charge in [0, 0.05) is 10.8 Å². The zero-order chi connectivity index (χ0) is 12.4. The minimum absolute atomic E-state index is 0.0607. The molecule has 5 heteroatoms. The lowest BCUT2D eigenvalue weighted by molar-refractivity contribution is -0.121. The van der Waals surface area contributed by atoms with Crippen LogP contribution < -0.4 is 10.6 Å². The smallest absolute Gasteiger partial charge is 0.229 e. The minimum atomic E-state index is 0.0607. The topological polar surface area (TPSA) is 54.0 Å². The highest BCUT2D eigenvalue weighted by Gasteiger charge is 2.29. The van der Waals surface area contributed by atoms with Crippen molar-refractivity contribution in [1.82, 2.24) is 10.3 Å². The fraction of sp³-hybridized carbons (Fsp3) is 0.667. The van der Waals surface area contributed by atoms with Crippen molar-refractivity contribution >= 4 is 22.4 Å². The second-order valence-electron chi connectivity index (χ2n) is 4.57. The van der Waals surface area contributed by atoms with E-state index in [0.29, 0.717) is 5.92 Å². The molecule has 2 rings (SSSR count). The first-order chi connectivity index (χ1) is 8.11. The van der Waals surface area contributed by atoms with Gasteiger partial charge in [-0.1, -0.05) is 13.8 Å². The molecule has 1 aliphatic heterocycles. The van der Waals surface area contributed by atoms with Gasteiger partial charge in [0.05, 0.1) is 5.69 Å². The first kappa shape index (κ1) is 12.5. The van der Waals surface area contributed by atoms with Gasteiger partial charge in [0.1, 0.15) is 0 Å². The number of rotatable bonds is 4. The Hall–Kier alpha value is -0.940. The van der Waals surface area contributed by atoms with E-state index in [-0.39, 0.29) is 11.8 Å². The Morgan fingerprint density at radius 2 is 2.35 bits per heavy atom. The van der Waals surface area contributed by atoms with Crippen LogP contribution in [0.25, 0.3) is 0 Å². The summed E-state index contributed by atoms with van der Waals surface area (Å²) in [6.45, 7) is 8.02. The van der Waals surface area contributed by atoms with Crippen molar-refractivity contribution in [1.29, 1.82) is 0 Å². The van der Waals surface area contributed by atoms with Gasteiger partial charge < -0.3 is 10.6 Å². The number of hydrogen-bond acceptors (Lipinski definition) is 4. The van der Waals surface area contributed by atoms with Crippen molar-refractivity contribution in [2.24, 2.45) is 11.8 Å². The average Bonchev–Trinajstić information content (AvgIpc) is 2.56. The minimum Gasteiger partial charge on any atom is -0.316 e. The van der Waals surface area contributed by atoms with Gasteiger partial charge in [-0.05, 0) is 32.4 Å². The third kappa shape index (κ3) is 2.66. The van der Waals surface area contributed by atoms with E-state index >= 15 is 0 Å². The van der Waals surface area contributed by atoms with Gasteiger partial charge in [0.2, 0.25) is 5.91 Å². The molecule has 0 bridgehead atoms. The van der Waals surface area contributed by atoms with Crippen LogP contribution in [-0.2, 0) is 11.2 Å². The first-order valence-electron chi connectivity index (χ1n) is 6.09. The number of nitrogens with zero attached hydrogens (tertiary/aromatic N) is 1. The van der Waals surface area contributed by atoms with Crippen molar-refractivity contribution in [3.63, 3.8) is 0 Å². The Kier molecular flexibility index (Phi) is 3.79. The van der Waals surface area contributed by atoms with Crippen LogP contribution >= 0.6 is 11.3 Å². The van der Waals surface area contributed by atoms with Crippen LogP contribution in [0.3, 0.4) is 0 Å². The molecule has 1 aromatic rings. The molecule has 2 N–H and O–H groups in total. The molecule has 1 fully saturated rings. The maximum absolute atomic E-state index is 12.0. The maximum atomic E-state index is 12.0. The van der Waals surface area contributed by atoms with Gasteiger partial charge in [-0.25, -0.2) is 4.98 Å². The van der Waals surface area contributed by atoms with Gasteiger partial charge in [-0.3, -0.25) is 4.79 Å². The number of amides is 1. The number of carbonyl (C=O) groups excluding carboxylic acids is 1. The van der Waals surface area contributed by atoms with E-state index < -0.39 is 0 Å². The third-order valence-electron chi connectivity index (χ3n) is 3.39. The van der Waals surface area contributed by atoms with Gasteiger partial charge in [0.25, 0.3) is 0 Å². The van der Waals surface area contributed by atoms with Gasteiger partial charge in [0.15, 0.2) is 5.13 Å². The Balaban J connectivity index is 1.97. The molecular formula is C12H19N3OS. The summed E-state index contributed by atoms with van der Waals surface area (Å²) in [4.78, 5) is 17.6. The fourth-order valence-electron chi connectivity index (χ4n) is 1.91. The highest BCUT2D eigenvalue weighted by molar-refractivity contribution is 7.15. The zero-order valence-electron chi connectivity index (χ0n) is 10.5. The predicted octanol–water partition coefficient (Wildman–Crippen LogP) is 1.81. The van der Waals surface area contributed by atoms with E-state index in [0.717, 1.165) is 30.3 Å². The van der Waals surface area contributed by atoms with Crippen molar-refractivity contribution in [3.8, 4) is 0 Å². The standard InChI is InChI=1S/C12H19N3OS/c1-4-10-8(3)17-12(14-10)15-11(16)7(2)9-5-13-6-9/h7,9,13H,4-6H2,1-3H3,(H,14,15,16). The van der Waals surface area contributed by atoms with Crippen LogP contribution in [0.5, 0.6) is 0 Å². The monoisotopic (exact) mass is 253 g/mol.